The first-order valence-electron chi connectivity index (χ1n) is 8.50. The Balaban J connectivity index is 1.53. The lowest BCUT2D eigenvalue weighted by Crippen LogP contribution is -2.31. The molecule has 2 aliphatic heterocycles. The van der Waals surface area contributed by atoms with Crippen molar-refractivity contribution in [3.8, 4) is 34.1 Å². The zero-order valence-electron chi connectivity index (χ0n) is 13.9. The van der Waals surface area contributed by atoms with Crippen LogP contribution >= 0.6 is 0 Å². The average Bonchev–Trinajstić information content (AvgIpc) is 3.14. The van der Waals surface area contributed by atoms with Crippen molar-refractivity contribution in [1.29, 1.82) is 0 Å². The van der Waals surface area contributed by atoms with Crippen LogP contribution in [0.1, 0.15) is 16.1 Å². The molecule has 5 heterocycles. The number of aromatic amines is 1. The fourth-order valence-electron chi connectivity index (χ4n) is 3.28. The first-order chi connectivity index (χ1) is 12.8. The van der Waals surface area contributed by atoms with Gasteiger partial charge >= 0.3 is 0 Å². The number of fused-ring (bicyclic) bond motifs is 2. The van der Waals surface area contributed by atoms with Crippen molar-refractivity contribution in [3.05, 3.63) is 47.9 Å². The molecule has 3 aromatic heterocycles. The van der Waals surface area contributed by atoms with Crippen molar-refractivity contribution in [1.82, 2.24) is 20.3 Å². The molecule has 0 radical (unpaired) electrons. The molecule has 130 valence electrons. The first-order valence-corrected chi connectivity index (χ1v) is 8.50. The van der Waals surface area contributed by atoms with Gasteiger partial charge in [0.15, 0.2) is 5.75 Å². The lowest BCUT2D eigenvalue weighted by atomic mass is 10.1. The Labute approximate surface area is 149 Å². The molecule has 3 aromatic rings. The lowest BCUT2D eigenvalue weighted by Gasteiger charge is -2.17. The highest BCUT2D eigenvalue weighted by atomic mass is 16.6. The maximum absolute atomic E-state index is 12.0. The summed E-state index contributed by atoms with van der Waals surface area (Å²) in [6, 6.07) is 7.68. The highest BCUT2D eigenvalue weighted by Crippen LogP contribution is 2.33. The monoisotopic (exact) mass is 348 g/mol. The van der Waals surface area contributed by atoms with E-state index >= 15 is 0 Å². The smallest absolute Gasteiger partial charge is 0.257 e. The molecular formula is C19H16N4O3. The van der Waals surface area contributed by atoms with Crippen LogP contribution in [0.4, 0.5) is 0 Å². The van der Waals surface area contributed by atoms with Crippen LogP contribution in [0.3, 0.4) is 0 Å². The molecule has 5 rings (SSSR count). The standard InChI is InChI=1S/C19H16N4O3/c24-18-13-9-16(23-14(13)2-4-21-18)11-1-3-20-15(7-11)12-8-17-19(22-10-12)26-6-5-25-17/h1,3,7-10,23H,2,4-6H2,(H,21,24). The van der Waals surface area contributed by atoms with Gasteiger partial charge in [0.1, 0.15) is 13.2 Å². The highest BCUT2D eigenvalue weighted by Gasteiger charge is 2.20. The molecule has 2 aliphatic rings. The average molecular weight is 348 g/mol. The Kier molecular flexibility index (Phi) is 3.38. The van der Waals surface area contributed by atoms with Crippen molar-refractivity contribution in [2.24, 2.45) is 0 Å². The van der Waals surface area contributed by atoms with Crippen LogP contribution in [0, 0.1) is 0 Å². The fourth-order valence-corrected chi connectivity index (χ4v) is 3.28. The van der Waals surface area contributed by atoms with E-state index < -0.39 is 0 Å². The van der Waals surface area contributed by atoms with E-state index in [4.69, 9.17) is 9.47 Å². The molecule has 7 heteroatoms. The minimum atomic E-state index is -0.0286. The number of hydrogen-bond acceptors (Lipinski definition) is 5. The molecule has 0 spiro atoms. The zero-order valence-corrected chi connectivity index (χ0v) is 13.9. The summed E-state index contributed by atoms with van der Waals surface area (Å²) in [6.45, 7) is 1.69. The molecule has 0 unspecified atom stereocenters. The molecule has 0 saturated carbocycles. The van der Waals surface area contributed by atoms with Gasteiger partial charge in [-0.2, -0.15) is 0 Å². The number of carbonyl (C=O) groups is 1. The first kappa shape index (κ1) is 14.9. The number of aromatic nitrogens is 3. The van der Waals surface area contributed by atoms with Gasteiger partial charge < -0.3 is 19.8 Å². The maximum atomic E-state index is 12.0. The van der Waals surface area contributed by atoms with Crippen LogP contribution in [0.15, 0.2) is 36.7 Å². The van der Waals surface area contributed by atoms with E-state index in [0.717, 1.165) is 34.6 Å². The summed E-state index contributed by atoms with van der Waals surface area (Å²) in [4.78, 5) is 24.1. The number of amides is 1. The minimum Gasteiger partial charge on any atom is -0.484 e. The third kappa shape index (κ3) is 2.48. The van der Waals surface area contributed by atoms with Crippen LogP contribution in [-0.2, 0) is 6.42 Å². The number of H-pyrrole nitrogens is 1. The van der Waals surface area contributed by atoms with Gasteiger partial charge in [0.2, 0.25) is 0 Å². The predicted octanol–water partition coefficient (Wildman–Crippen LogP) is 2.20. The number of hydrogen-bond donors (Lipinski definition) is 2. The van der Waals surface area contributed by atoms with Crippen molar-refractivity contribution in [2.45, 2.75) is 6.42 Å². The molecule has 0 fully saturated rings. The summed E-state index contributed by atoms with van der Waals surface area (Å²) in [7, 11) is 0. The van der Waals surface area contributed by atoms with Crippen molar-refractivity contribution < 1.29 is 14.3 Å². The Hall–Kier alpha value is -3.35. The molecule has 0 bridgehead atoms. The molecule has 7 nitrogen and oxygen atoms in total. The zero-order chi connectivity index (χ0) is 17.5. The summed E-state index contributed by atoms with van der Waals surface area (Å²) < 4.78 is 11.1. The molecule has 0 saturated heterocycles. The molecule has 0 aromatic carbocycles. The normalized spacial score (nSPS) is 15.3. The van der Waals surface area contributed by atoms with E-state index in [2.05, 4.69) is 20.3 Å². The largest absolute Gasteiger partial charge is 0.484 e. The highest BCUT2D eigenvalue weighted by molar-refractivity contribution is 5.97. The van der Waals surface area contributed by atoms with Gasteiger partial charge in [-0.15, -0.1) is 0 Å². The summed E-state index contributed by atoms with van der Waals surface area (Å²) in [5.74, 6) is 1.12. The van der Waals surface area contributed by atoms with Crippen LogP contribution in [0.25, 0.3) is 22.5 Å². The Morgan fingerprint density at radius 2 is 1.96 bits per heavy atom. The Morgan fingerprint density at radius 3 is 2.88 bits per heavy atom. The van der Waals surface area contributed by atoms with Crippen molar-refractivity contribution >= 4 is 5.91 Å². The maximum Gasteiger partial charge on any atom is 0.257 e. The van der Waals surface area contributed by atoms with E-state index in [1.807, 2.05) is 24.3 Å². The summed E-state index contributed by atoms with van der Waals surface area (Å²) in [6.07, 6.45) is 4.29. The SMILES string of the molecule is O=C1NCCc2[nH]c(-c3ccnc(-c4cnc5c(c4)OCCO5)c3)cc21. The second-order valence-electron chi connectivity index (χ2n) is 6.24. The fraction of sp³-hybridized carbons (Fsp3) is 0.211. The quantitative estimate of drug-likeness (QED) is 0.741. The van der Waals surface area contributed by atoms with Crippen LogP contribution in [0.2, 0.25) is 0 Å². The molecule has 1 amide bonds. The summed E-state index contributed by atoms with van der Waals surface area (Å²) in [5, 5.41) is 2.86. The van der Waals surface area contributed by atoms with Crippen molar-refractivity contribution in [2.75, 3.05) is 19.8 Å². The third-order valence-corrected chi connectivity index (χ3v) is 4.57. The van der Waals surface area contributed by atoms with Gasteiger partial charge in [-0.25, -0.2) is 4.98 Å². The number of pyridine rings is 2. The Bertz CT molecular complexity index is 1010. The van der Waals surface area contributed by atoms with Crippen LogP contribution in [0.5, 0.6) is 11.6 Å². The second-order valence-corrected chi connectivity index (χ2v) is 6.24. The summed E-state index contributed by atoms with van der Waals surface area (Å²) in [5.41, 5.74) is 5.19. The number of ether oxygens (including phenoxy) is 2. The second kappa shape index (κ2) is 5.87. The number of nitrogens with zero attached hydrogens (tertiary/aromatic N) is 2. The van der Waals surface area contributed by atoms with Crippen LogP contribution in [-0.4, -0.2) is 40.6 Å². The van der Waals surface area contributed by atoms with Gasteiger partial charge in [0, 0.05) is 47.9 Å². The van der Waals surface area contributed by atoms with Gasteiger partial charge in [0.25, 0.3) is 11.8 Å². The molecule has 0 aliphatic carbocycles. The van der Waals surface area contributed by atoms with Crippen LogP contribution < -0.4 is 14.8 Å². The Morgan fingerprint density at radius 1 is 1.04 bits per heavy atom. The van der Waals surface area contributed by atoms with Gasteiger partial charge in [-0.1, -0.05) is 0 Å². The van der Waals surface area contributed by atoms with Gasteiger partial charge in [-0.3, -0.25) is 9.78 Å². The van der Waals surface area contributed by atoms with Gasteiger partial charge in [0.05, 0.1) is 11.3 Å². The van der Waals surface area contributed by atoms with E-state index in [1.54, 1.807) is 12.4 Å². The predicted molar refractivity (Wildman–Crippen MR) is 94.3 cm³/mol. The lowest BCUT2D eigenvalue weighted by molar-refractivity contribution is 0.0946. The van der Waals surface area contributed by atoms with E-state index in [9.17, 15) is 4.79 Å². The van der Waals surface area contributed by atoms with E-state index in [0.29, 0.717) is 37.0 Å². The number of carbonyl (C=O) groups excluding carboxylic acids is 1. The molecule has 0 atom stereocenters. The van der Waals surface area contributed by atoms with Crippen molar-refractivity contribution in [3.63, 3.8) is 0 Å². The van der Waals surface area contributed by atoms with E-state index in [1.165, 1.54) is 0 Å². The molecule has 26 heavy (non-hydrogen) atoms. The third-order valence-electron chi connectivity index (χ3n) is 4.57. The number of rotatable bonds is 2. The van der Waals surface area contributed by atoms with Gasteiger partial charge in [-0.05, 0) is 24.3 Å². The minimum absolute atomic E-state index is 0.0286. The van der Waals surface area contributed by atoms with E-state index in [-0.39, 0.29) is 5.91 Å². The summed E-state index contributed by atoms with van der Waals surface area (Å²) >= 11 is 0. The number of nitrogens with one attached hydrogen (secondary N) is 2. The topological polar surface area (TPSA) is 89.1 Å². The molecular weight excluding hydrogens is 332 g/mol. The molecule has 2 N–H and O–H groups in total.